The quantitative estimate of drug-likeness (QED) is 0.902. The van der Waals surface area contributed by atoms with Crippen LogP contribution in [0, 0.1) is 11.7 Å². The summed E-state index contributed by atoms with van der Waals surface area (Å²) in [6, 6.07) is 5.88. The zero-order valence-electron chi connectivity index (χ0n) is 11.0. The summed E-state index contributed by atoms with van der Waals surface area (Å²) in [6.07, 6.45) is 0.544. The molecule has 0 aliphatic carbocycles. The maximum absolute atomic E-state index is 12.8. The van der Waals surface area contributed by atoms with Crippen molar-refractivity contribution in [2.45, 2.75) is 32.8 Å². The van der Waals surface area contributed by atoms with E-state index in [1.54, 1.807) is 12.1 Å². The second-order valence-electron chi connectivity index (χ2n) is 5.01. The number of aliphatic hydroxyl groups excluding tert-OH is 1. The zero-order chi connectivity index (χ0) is 13.8. The molecule has 0 aliphatic heterocycles. The lowest BCUT2D eigenvalue weighted by Gasteiger charge is -2.09. The van der Waals surface area contributed by atoms with Gasteiger partial charge in [-0.05, 0) is 36.6 Å². The van der Waals surface area contributed by atoms with Crippen LogP contribution in [0.25, 0.3) is 11.4 Å². The van der Waals surface area contributed by atoms with E-state index in [0.29, 0.717) is 36.0 Å². The van der Waals surface area contributed by atoms with Crippen molar-refractivity contribution in [2.24, 2.45) is 5.92 Å². The molecule has 19 heavy (non-hydrogen) atoms. The molecule has 102 valence electrons. The summed E-state index contributed by atoms with van der Waals surface area (Å²) < 4.78 is 17.9. The van der Waals surface area contributed by atoms with Crippen LogP contribution in [-0.4, -0.2) is 21.4 Å². The Morgan fingerprint density at radius 2 is 1.95 bits per heavy atom. The number of benzene rings is 1. The van der Waals surface area contributed by atoms with Crippen molar-refractivity contribution in [3.8, 4) is 11.4 Å². The van der Waals surface area contributed by atoms with E-state index < -0.39 is 6.10 Å². The fourth-order valence-corrected chi connectivity index (χ4v) is 1.88. The molecule has 1 heterocycles. The molecule has 0 amide bonds. The first kappa shape index (κ1) is 13.7. The summed E-state index contributed by atoms with van der Waals surface area (Å²) in [5.74, 6) is 0.911. The molecule has 0 saturated heterocycles. The van der Waals surface area contributed by atoms with Gasteiger partial charge in [0.2, 0.25) is 11.7 Å². The third kappa shape index (κ3) is 3.86. The number of nitrogens with zero attached hydrogens (tertiary/aromatic N) is 2. The van der Waals surface area contributed by atoms with E-state index in [-0.39, 0.29) is 5.82 Å². The minimum atomic E-state index is -0.485. The highest BCUT2D eigenvalue weighted by atomic mass is 19.1. The Labute approximate surface area is 111 Å². The van der Waals surface area contributed by atoms with E-state index in [2.05, 4.69) is 10.1 Å². The number of halogens is 1. The van der Waals surface area contributed by atoms with E-state index in [0.717, 1.165) is 0 Å². The second-order valence-corrected chi connectivity index (χ2v) is 5.01. The van der Waals surface area contributed by atoms with Crippen LogP contribution in [-0.2, 0) is 6.42 Å². The van der Waals surface area contributed by atoms with Crippen LogP contribution in [0.2, 0.25) is 0 Å². The smallest absolute Gasteiger partial charge is 0.229 e. The van der Waals surface area contributed by atoms with Gasteiger partial charge in [0.25, 0.3) is 0 Å². The van der Waals surface area contributed by atoms with Crippen LogP contribution in [0.3, 0.4) is 0 Å². The van der Waals surface area contributed by atoms with Crippen LogP contribution in [0.15, 0.2) is 28.8 Å². The molecule has 0 fully saturated rings. The normalized spacial score (nSPS) is 12.9. The van der Waals surface area contributed by atoms with Gasteiger partial charge in [-0.15, -0.1) is 0 Å². The van der Waals surface area contributed by atoms with Gasteiger partial charge >= 0.3 is 0 Å². The topological polar surface area (TPSA) is 59.2 Å². The molecule has 5 heteroatoms. The van der Waals surface area contributed by atoms with E-state index in [1.807, 2.05) is 13.8 Å². The van der Waals surface area contributed by atoms with Crippen LogP contribution in [0.5, 0.6) is 0 Å². The lowest BCUT2D eigenvalue weighted by molar-refractivity contribution is 0.138. The Balaban J connectivity index is 2.04. The van der Waals surface area contributed by atoms with Crippen molar-refractivity contribution in [3.05, 3.63) is 36.0 Å². The average molecular weight is 264 g/mol. The molecule has 1 aromatic carbocycles. The second kappa shape index (κ2) is 5.93. The van der Waals surface area contributed by atoms with E-state index in [9.17, 15) is 9.50 Å². The van der Waals surface area contributed by atoms with Gasteiger partial charge in [0.05, 0.1) is 12.5 Å². The molecular weight excluding hydrogens is 247 g/mol. The maximum Gasteiger partial charge on any atom is 0.229 e. The predicted octanol–water partition coefficient (Wildman–Crippen LogP) is 2.83. The fourth-order valence-electron chi connectivity index (χ4n) is 1.88. The molecule has 4 nitrogen and oxygen atoms in total. The lowest BCUT2D eigenvalue weighted by atomic mass is 10.0. The van der Waals surface area contributed by atoms with Crippen molar-refractivity contribution >= 4 is 0 Å². The highest BCUT2D eigenvalue weighted by Gasteiger charge is 2.14. The minimum absolute atomic E-state index is 0.306. The summed E-state index contributed by atoms with van der Waals surface area (Å²) in [4.78, 5) is 4.20. The lowest BCUT2D eigenvalue weighted by Crippen LogP contribution is -2.13. The Morgan fingerprint density at radius 3 is 2.58 bits per heavy atom. The predicted molar refractivity (Wildman–Crippen MR) is 68.9 cm³/mol. The molecular formula is C14H17FN2O2. The number of aliphatic hydroxyl groups is 1. The van der Waals surface area contributed by atoms with Crippen LogP contribution >= 0.6 is 0 Å². The zero-order valence-corrected chi connectivity index (χ0v) is 11.0. The van der Waals surface area contributed by atoms with Crippen LogP contribution in [0.1, 0.15) is 26.2 Å². The summed E-state index contributed by atoms with van der Waals surface area (Å²) in [7, 11) is 0. The van der Waals surface area contributed by atoms with Gasteiger partial charge in [0, 0.05) is 5.56 Å². The van der Waals surface area contributed by atoms with Gasteiger partial charge in [-0.25, -0.2) is 4.39 Å². The molecule has 0 bridgehead atoms. The van der Waals surface area contributed by atoms with Gasteiger partial charge < -0.3 is 9.63 Å². The number of hydrogen-bond donors (Lipinski definition) is 1. The van der Waals surface area contributed by atoms with E-state index in [1.165, 1.54) is 12.1 Å². The standard InChI is InChI=1S/C14H17FN2O2/c1-9(2)7-12(18)8-13-16-14(17-19-13)10-3-5-11(15)6-4-10/h3-6,9,12,18H,7-8H2,1-2H3. The molecule has 2 aromatic rings. The van der Waals surface area contributed by atoms with Gasteiger partial charge in [0.1, 0.15) is 5.82 Å². The monoisotopic (exact) mass is 264 g/mol. The molecule has 2 rings (SSSR count). The van der Waals surface area contributed by atoms with Gasteiger partial charge in [-0.1, -0.05) is 19.0 Å². The van der Waals surface area contributed by atoms with Crippen LogP contribution < -0.4 is 0 Å². The average Bonchev–Trinajstić information content (AvgIpc) is 2.77. The van der Waals surface area contributed by atoms with Crippen molar-refractivity contribution < 1.29 is 14.0 Å². The summed E-state index contributed by atoms with van der Waals surface area (Å²) in [5, 5.41) is 13.6. The first-order valence-corrected chi connectivity index (χ1v) is 6.31. The third-order valence-corrected chi connectivity index (χ3v) is 2.72. The number of rotatable bonds is 5. The molecule has 1 N–H and O–H groups in total. The number of aromatic nitrogens is 2. The van der Waals surface area contributed by atoms with Crippen molar-refractivity contribution in [1.82, 2.24) is 10.1 Å². The largest absolute Gasteiger partial charge is 0.393 e. The minimum Gasteiger partial charge on any atom is -0.393 e. The maximum atomic E-state index is 12.8. The molecule has 0 radical (unpaired) electrons. The molecule has 1 aromatic heterocycles. The summed E-state index contributed by atoms with van der Waals surface area (Å²) in [6.45, 7) is 4.09. The Kier molecular flexibility index (Phi) is 4.27. The van der Waals surface area contributed by atoms with Gasteiger partial charge in [-0.2, -0.15) is 4.98 Å². The fraction of sp³-hybridized carbons (Fsp3) is 0.429. The molecule has 1 atom stereocenters. The van der Waals surface area contributed by atoms with Crippen molar-refractivity contribution in [1.29, 1.82) is 0 Å². The Morgan fingerprint density at radius 1 is 1.26 bits per heavy atom. The molecule has 0 saturated carbocycles. The summed E-state index contributed by atoms with van der Waals surface area (Å²) in [5.41, 5.74) is 0.690. The highest BCUT2D eigenvalue weighted by Crippen LogP contribution is 2.17. The highest BCUT2D eigenvalue weighted by molar-refractivity contribution is 5.53. The Bertz CT molecular complexity index is 522. The van der Waals surface area contributed by atoms with E-state index in [4.69, 9.17) is 4.52 Å². The number of hydrogen-bond acceptors (Lipinski definition) is 4. The van der Waals surface area contributed by atoms with Crippen molar-refractivity contribution in [3.63, 3.8) is 0 Å². The third-order valence-electron chi connectivity index (χ3n) is 2.72. The van der Waals surface area contributed by atoms with E-state index >= 15 is 0 Å². The summed E-state index contributed by atoms with van der Waals surface area (Å²) >= 11 is 0. The Hall–Kier alpha value is -1.75. The van der Waals surface area contributed by atoms with Gasteiger partial charge in [0.15, 0.2) is 0 Å². The van der Waals surface area contributed by atoms with Gasteiger partial charge in [-0.3, -0.25) is 0 Å². The van der Waals surface area contributed by atoms with Crippen LogP contribution in [0.4, 0.5) is 4.39 Å². The molecule has 1 unspecified atom stereocenters. The first-order valence-electron chi connectivity index (χ1n) is 6.31. The van der Waals surface area contributed by atoms with Crippen molar-refractivity contribution in [2.75, 3.05) is 0 Å². The first-order chi connectivity index (χ1) is 9.04. The molecule has 0 spiro atoms. The molecule has 0 aliphatic rings. The SMILES string of the molecule is CC(C)CC(O)Cc1nc(-c2ccc(F)cc2)no1.